The molecule has 0 radical (unpaired) electrons. The number of hydrogen-bond donors (Lipinski definition) is 1. The zero-order valence-corrected chi connectivity index (χ0v) is 9.02. The average molecular weight is 198 g/mol. The second kappa shape index (κ2) is 4.01. The van der Waals surface area contributed by atoms with Crippen molar-refractivity contribution in [2.24, 2.45) is 16.6 Å². The number of thioether (sulfide) groups is 1. The van der Waals surface area contributed by atoms with Crippen LogP contribution >= 0.6 is 11.8 Å². The van der Waals surface area contributed by atoms with Crippen molar-refractivity contribution < 1.29 is 0 Å². The Balaban J connectivity index is 1.95. The third-order valence-electron chi connectivity index (χ3n) is 3.10. The number of aliphatic imine (C=N–C) groups is 1. The first kappa shape index (κ1) is 9.53. The van der Waals surface area contributed by atoms with E-state index >= 15 is 0 Å². The van der Waals surface area contributed by atoms with Crippen molar-refractivity contribution >= 4 is 16.8 Å². The molecule has 0 amide bonds. The molecule has 0 aromatic carbocycles. The molecule has 13 heavy (non-hydrogen) atoms. The van der Waals surface area contributed by atoms with E-state index in [0.717, 1.165) is 24.1 Å². The maximum atomic E-state index is 5.71. The molecule has 2 N–H and O–H groups in total. The first-order valence-electron chi connectivity index (χ1n) is 5.27. The monoisotopic (exact) mass is 198 g/mol. The molecule has 1 heterocycles. The molecule has 1 aliphatic carbocycles. The minimum atomic E-state index is 0.628. The van der Waals surface area contributed by atoms with Crippen LogP contribution in [0, 0.1) is 5.92 Å². The third kappa shape index (κ3) is 1.91. The molecule has 0 saturated heterocycles. The summed E-state index contributed by atoms with van der Waals surface area (Å²) < 4.78 is 0. The second-order valence-electron chi connectivity index (χ2n) is 4.01. The molecule has 2 rings (SSSR count). The Kier molecular flexibility index (Phi) is 2.94. The van der Waals surface area contributed by atoms with Crippen LogP contribution in [-0.2, 0) is 0 Å². The van der Waals surface area contributed by atoms with E-state index in [1.54, 1.807) is 0 Å². The lowest BCUT2D eigenvalue weighted by atomic mass is 9.86. The first-order chi connectivity index (χ1) is 6.33. The molecule has 3 atom stereocenters. The molecule has 2 nitrogen and oxygen atoms in total. The van der Waals surface area contributed by atoms with Gasteiger partial charge < -0.3 is 5.73 Å². The molecule has 0 spiro atoms. The van der Waals surface area contributed by atoms with Crippen molar-refractivity contribution in [1.29, 1.82) is 0 Å². The fourth-order valence-electron chi connectivity index (χ4n) is 2.25. The van der Waals surface area contributed by atoms with Crippen LogP contribution in [0.3, 0.4) is 0 Å². The molecular weight excluding hydrogens is 180 g/mol. The van der Waals surface area contributed by atoms with Crippen LogP contribution in [0.15, 0.2) is 4.99 Å². The van der Waals surface area contributed by atoms with Gasteiger partial charge in [-0.05, 0) is 38.1 Å². The highest BCUT2D eigenvalue weighted by Crippen LogP contribution is 2.39. The zero-order valence-electron chi connectivity index (χ0n) is 8.20. The summed E-state index contributed by atoms with van der Waals surface area (Å²) in [6, 6.07) is 0.628. The van der Waals surface area contributed by atoms with Crippen molar-refractivity contribution in [3.63, 3.8) is 0 Å². The number of nitrogens with two attached hydrogens (primary N) is 1. The van der Waals surface area contributed by atoms with Crippen LogP contribution in [0.4, 0.5) is 0 Å². The molecule has 0 aromatic rings. The summed E-state index contributed by atoms with van der Waals surface area (Å²) in [5.74, 6) is 0.764. The van der Waals surface area contributed by atoms with Crippen molar-refractivity contribution in [3.05, 3.63) is 0 Å². The second-order valence-corrected chi connectivity index (χ2v) is 5.33. The van der Waals surface area contributed by atoms with E-state index in [4.69, 9.17) is 10.7 Å². The van der Waals surface area contributed by atoms with Gasteiger partial charge >= 0.3 is 0 Å². The molecule has 2 aliphatic rings. The first-order valence-corrected chi connectivity index (χ1v) is 6.14. The van der Waals surface area contributed by atoms with Crippen molar-refractivity contribution in [2.45, 2.75) is 43.9 Å². The minimum absolute atomic E-state index is 0.628. The lowest BCUT2D eigenvalue weighted by molar-refractivity contribution is 0.347. The van der Waals surface area contributed by atoms with Gasteiger partial charge in [-0.2, -0.15) is 0 Å². The Hall–Kier alpha value is -0.0200. The minimum Gasteiger partial charge on any atom is -0.330 e. The molecule has 1 fully saturated rings. The molecule has 1 saturated carbocycles. The van der Waals surface area contributed by atoms with Gasteiger partial charge in [0.05, 0.1) is 11.1 Å². The van der Waals surface area contributed by atoms with E-state index in [1.165, 1.54) is 24.3 Å². The lowest BCUT2D eigenvalue weighted by Crippen LogP contribution is -2.31. The van der Waals surface area contributed by atoms with E-state index in [1.807, 2.05) is 11.8 Å². The zero-order chi connectivity index (χ0) is 9.26. The van der Waals surface area contributed by atoms with Gasteiger partial charge in [0.25, 0.3) is 0 Å². The largest absolute Gasteiger partial charge is 0.330 e. The smallest absolute Gasteiger partial charge is 0.0680 e. The van der Waals surface area contributed by atoms with Gasteiger partial charge in [0.1, 0.15) is 0 Å². The third-order valence-corrected chi connectivity index (χ3v) is 4.57. The van der Waals surface area contributed by atoms with Gasteiger partial charge in [-0.1, -0.05) is 6.92 Å². The van der Waals surface area contributed by atoms with Gasteiger partial charge in [0, 0.05) is 5.25 Å². The topological polar surface area (TPSA) is 38.4 Å². The van der Waals surface area contributed by atoms with Gasteiger partial charge in [-0.25, -0.2) is 0 Å². The van der Waals surface area contributed by atoms with Crippen molar-refractivity contribution in [3.8, 4) is 0 Å². The van der Waals surface area contributed by atoms with Gasteiger partial charge in [0.15, 0.2) is 0 Å². The predicted molar refractivity (Wildman–Crippen MR) is 59.3 cm³/mol. The fraction of sp³-hybridized carbons (Fsp3) is 0.900. The summed E-state index contributed by atoms with van der Waals surface area (Å²) in [6.07, 6.45) is 4.96. The van der Waals surface area contributed by atoms with Crippen LogP contribution in [0.2, 0.25) is 0 Å². The lowest BCUT2D eigenvalue weighted by Gasteiger charge is -2.28. The van der Waals surface area contributed by atoms with Crippen LogP contribution in [0.25, 0.3) is 0 Å². The van der Waals surface area contributed by atoms with Gasteiger partial charge in [-0.15, -0.1) is 11.8 Å². The molecular formula is C10H18N2S. The summed E-state index contributed by atoms with van der Waals surface area (Å²) in [4.78, 5) is 4.74. The van der Waals surface area contributed by atoms with Crippen LogP contribution in [0.1, 0.15) is 32.6 Å². The van der Waals surface area contributed by atoms with Crippen LogP contribution in [-0.4, -0.2) is 22.9 Å². The summed E-state index contributed by atoms with van der Waals surface area (Å²) >= 11 is 2.01. The summed E-state index contributed by atoms with van der Waals surface area (Å²) in [5, 5.41) is 2.13. The number of fused-ring (bicyclic) bond motifs is 1. The van der Waals surface area contributed by atoms with E-state index in [0.29, 0.717) is 6.04 Å². The number of nitrogens with zero attached hydrogens (tertiary/aromatic N) is 1. The van der Waals surface area contributed by atoms with Gasteiger partial charge in [0.2, 0.25) is 0 Å². The number of rotatable bonds is 2. The predicted octanol–water partition coefficient (Wildman–Crippen LogP) is 2.04. The van der Waals surface area contributed by atoms with Gasteiger partial charge in [-0.3, -0.25) is 4.99 Å². The average Bonchev–Trinajstić information content (AvgIpc) is 2.58. The molecule has 74 valence electrons. The Morgan fingerprint density at radius 1 is 1.54 bits per heavy atom. The Morgan fingerprint density at radius 3 is 3.08 bits per heavy atom. The SMILES string of the molecule is CCC1=NC2CCC(CN)CC2S1. The normalized spacial score (nSPS) is 38.6. The summed E-state index contributed by atoms with van der Waals surface area (Å²) in [5.41, 5.74) is 5.71. The molecule has 0 bridgehead atoms. The standard InChI is InChI=1S/C10H18N2S/c1-2-10-12-8-4-3-7(6-11)5-9(8)13-10/h7-9H,2-6,11H2,1H3. The summed E-state index contributed by atoms with van der Waals surface area (Å²) in [7, 11) is 0. The maximum absolute atomic E-state index is 5.71. The maximum Gasteiger partial charge on any atom is 0.0680 e. The highest BCUT2D eigenvalue weighted by atomic mass is 32.2. The quantitative estimate of drug-likeness (QED) is 0.737. The fourth-order valence-corrected chi connectivity index (χ4v) is 3.68. The van der Waals surface area contributed by atoms with E-state index < -0.39 is 0 Å². The number of hydrogen-bond acceptors (Lipinski definition) is 3. The Morgan fingerprint density at radius 2 is 2.38 bits per heavy atom. The van der Waals surface area contributed by atoms with Crippen molar-refractivity contribution in [2.75, 3.05) is 6.54 Å². The van der Waals surface area contributed by atoms with Crippen LogP contribution < -0.4 is 5.73 Å². The molecule has 0 aromatic heterocycles. The van der Waals surface area contributed by atoms with Crippen molar-refractivity contribution in [1.82, 2.24) is 0 Å². The molecule has 1 aliphatic heterocycles. The van der Waals surface area contributed by atoms with E-state index in [-0.39, 0.29) is 0 Å². The highest BCUT2D eigenvalue weighted by molar-refractivity contribution is 8.14. The Bertz CT molecular complexity index is 215. The molecule has 3 unspecified atom stereocenters. The van der Waals surface area contributed by atoms with Crippen LogP contribution in [0.5, 0.6) is 0 Å². The summed E-state index contributed by atoms with van der Waals surface area (Å²) in [6.45, 7) is 3.06. The van der Waals surface area contributed by atoms with E-state index in [9.17, 15) is 0 Å². The van der Waals surface area contributed by atoms with E-state index in [2.05, 4.69) is 6.92 Å². The Labute approximate surface area is 84.4 Å². The highest BCUT2D eigenvalue weighted by Gasteiger charge is 2.34. The molecule has 3 heteroatoms.